The van der Waals surface area contributed by atoms with Crippen LogP contribution < -0.4 is 0 Å². The van der Waals surface area contributed by atoms with E-state index in [0.717, 1.165) is 17.5 Å². The zero-order chi connectivity index (χ0) is 21.1. The van der Waals surface area contributed by atoms with Crippen LogP contribution in [0.5, 0.6) is 0 Å². The summed E-state index contributed by atoms with van der Waals surface area (Å²) in [5.74, 6) is 0.00341. The van der Waals surface area contributed by atoms with Crippen LogP contribution in [-0.4, -0.2) is 32.1 Å². The molecule has 1 amide bonds. The quantitative estimate of drug-likeness (QED) is 0.411. The number of aryl methyl sites for hydroxylation is 1. The largest absolute Gasteiger partial charge is 0.333 e. The van der Waals surface area contributed by atoms with Crippen molar-refractivity contribution in [3.05, 3.63) is 81.8 Å². The van der Waals surface area contributed by atoms with Crippen molar-refractivity contribution in [1.82, 2.24) is 19.7 Å². The van der Waals surface area contributed by atoms with Gasteiger partial charge in [0.2, 0.25) is 0 Å². The maximum absolute atomic E-state index is 13.4. The summed E-state index contributed by atoms with van der Waals surface area (Å²) in [6, 6.07) is 16.6. The number of pyridine rings is 1. The molecule has 6 heteroatoms. The topological polar surface area (TPSA) is 51.0 Å². The van der Waals surface area contributed by atoms with Gasteiger partial charge in [0, 0.05) is 33.9 Å². The lowest BCUT2D eigenvalue weighted by atomic mass is 10.1. The summed E-state index contributed by atoms with van der Waals surface area (Å²) >= 11 is 1.74. The molecule has 0 fully saturated rings. The second kappa shape index (κ2) is 8.79. The van der Waals surface area contributed by atoms with E-state index in [0.29, 0.717) is 18.7 Å². The molecular weight excluding hydrogens is 392 g/mol. The first-order valence-corrected chi connectivity index (χ1v) is 11.0. The van der Waals surface area contributed by atoms with Gasteiger partial charge in [-0.25, -0.2) is 9.67 Å². The number of fused-ring (bicyclic) bond motifs is 1. The van der Waals surface area contributed by atoms with Crippen molar-refractivity contribution in [3.8, 4) is 0 Å². The van der Waals surface area contributed by atoms with Gasteiger partial charge in [-0.2, -0.15) is 5.10 Å². The summed E-state index contributed by atoms with van der Waals surface area (Å²) in [7, 11) is 0. The molecule has 0 radical (unpaired) electrons. The van der Waals surface area contributed by atoms with E-state index in [1.807, 2.05) is 33.8 Å². The number of carbonyl (C=O) groups excluding carboxylic acids is 1. The lowest BCUT2D eigenvalue weighted by Gasteiger charge is -2.22. The minimum absolute atomic E-state index is 0.00341. The first-order chi connectivity index (χ1) is 14.5. The molecule has 0 bridgehead atoms. The molecule has 3 heterocycles. The Bertz CT molecular complexity index is 1150. The Morgan fingerprint density at radius 3 is 2.63 bits per heavy atom. The van der Waals surface area contributed by atoms with Gasteiger partial charge >= 0.3 is 0 Å². The average molecular weight is 419 g/mol. The number of hydrogen-bond donors (Lipinski definition) is 0. The fraction of sp³-hybridized carbons (Fsp3) is 0.292. The van der Waals surface area contributed by atoms with Gasteiger partial charge in [-0.05, 0) is 51.0 Å². The summed E-state index contributed by atoms with van der Waals surface area (Å²) in [5, 5.41) is 5.31. The third-order valence-corrected chi connectivity index (χ3v) is 6.10. The van der Waals surface area contributed by atoms with Crippen molar-refractivity contribution in [2.24, 2.45) is 0 Å². The van der Waals surface area contributed by atoms with Crippen LogP contribution in [0.25, 0.3) is 11.0 Å². The molecule has 0 N–H and O–H groups in total. The van der Waals surface area contributed by atoms with Crippen molar-refractivity contribution in [1.29, 1.82) is 0 Å². The summed E-state index contributed by atoms with van der Waals surface area (Å²) in [6.45, 7) is 7.49. The van der Waals surface area contributed by atoms with Crippen LogP contribution in [0, 0.1) is 6.92 Å². The molecule has 1 aromatic carbocycles. The van der Waals surface area contributed by atoms with Crippen LogP contribution in [0.1, 0.15) is 45.6 Å². The highest BCUT2D eigenvalue weighted by Gasteiger charge is 2.19. The van der Waals surface area contributed by atoms with Crippen molar-refractivity contribution in [2.75, 3.05) is 6.54 Å². The lowest BCUT2D eigenvalue weighted by Crippen LogP contribution is -2.32. The van der Waals surface area contributed by atoms with Gasteiger partial charge in [0.15, 0.2) is 5.65 Å². The Hall–Kier alpha value is -2.99. The van der Waals surface area contributed by atoms with Gasteiger partial charge in [-0.1, -0.05) is 30.3 Å². The minimum atomic E-state index is 0.00341. The monoisotopic (exact) mass is 418 g/mol. The molecule has 0 aliphatic carbocycles. The zero-order valence-corrected chi connectivity index (χ0v) is 18.4. The van der Waals surface area contributed by atoms with Crippen LogP contribution in [0.2, 0.25) is 0 Å². The van der Waals surface area contributed by atoms with E-state index in [2.05, 4.69) is 55.1 Å². The molecule has 0 aliphatic heterocycles. The van der Waals surface area contributed by atoms with Gasteiger partial charge in [0.05, 0.1) is 18.3 Å². The summed E-state index contributed by atoms with van der Waals surface area (Å²) in [6.07, 6.45) is 4.29. The number of carbonyl (C=O) groups is 1. The molecular formula is C24H26N4OS. The summed E-state index contributed by atoms with van der Waals surface area (Å²) < 4.78 is 1.88. The zero-order valence-electron chi connectivity index (χ0n) is 17.6. The molecule has 4 aromatic rings. The van der Waals surface area contributed by atoms with E-state index in [9.17, 15) is 4.79 Å². The number of hydrogen-bond acceptors (Lipinski definition) is 4. The van der Waals surface area contributed by atoms with E-state index >= 15 is 0 Å². The average Bonchev–Trinajstić information content (AvgIpc) is 3.36. The van der Waals surface area contributed by atoms with Crippen LogP contribution in [-0.2, 0) is 13.0 Å². The smallest absolute Gasteiger partial charge is 0.255 e. The van der Waals surface area contributed by atoms with Gasteiger partial charge in [-0.3, -0.25) is 4.79 Å². The third kappa shape index (κ3) is 4.44. The molecule has 0 spiro atoms. The number of aromatic nitrogens is 3. The van der Waals surface area contributed by atoms with Crippen LogP contribution in [0.3, 0.4) is 0 Å². The van der Waals surface area contributed by atoms with Crippen molar-refractivity contribution in [3.63, 3.8) is 0 Å². The molecule has 0 saturated heterocycles. The number of amides is 1. The maximum Gasteiger partial charge on any atom is 0.255 e. The highest BCUT2D eigenvalue weighted by molar-refractivity contribution is 7.11. The fourth-order valence-electron chi connectivity index (χ4n) is 3.54. The molecule has 5 nitrogen and oxygen atoms in total. The highest BCUT2D eigenvalue weighted by atomic mass is 32.1. The second-order valence-corrected chi connectivity index (χ2v) is 9.17. The van der Waals surface area contributed by atoms with Crippen LogP contribution >= 0.6 is 11.3 Å². The van der Waals surface area contributed by atoms with Crippen molar-refractivity contribution < 1.29 is 4.79 Å². The van der Waals surface area contributed by atoms with Gasteiger partial charge < -0.3 is 4.90 Å². The fourth-order valence-corrected chi connectivity index (χ4v) is 4.44. The number of benzene rings is 1. The third-order valence-electron chi connectivity index (χ3n) is 5.11. The molecule has 3 aromatic heterocycles. The summed E-state index contributed by atoms with van der Waals surface area (Å²) in [4.78, 5) is 22.3. The maximum atomic E-state index is 13.4. The predicted molar refractivity (Wildman–Crippen MR) is 122 cm³/mol. The van der Waals surface area contributed by atoms with Crippen LogP contribution in [0.15, 0.2) is 60.9 Å². The van der Waals surface area contributed by atoms with Gasteiger partial charge in [0.25, 0.3) is 5.91 Å². The van der Waals surface area contributed by atoms with Crippen LogP contribution in [0.4, 0.5) is 0 Å². The van der Waals surface area contributed by atoms with E-state index in [-0.39, 0.29) is 11.9 Å². The Kier molecular flexibility index (Phi) is 5.95. The normalized spacial score (nSPS) is 11.3. The molecule has 30 heavy (non-hydrogen) atoms. The van der Waals surface area contributed by atoms with Crippen molar-refractivity contribution in [2.45, 2.75) is 39.8 Å². The molecule has 0 saturated carbocycles. The molecule has 0 unspecified atom stereocenters. The molecule has 154 valence electrons. The number of nitrogens with zero attached hydrogens (tertiary/aromatic N) is 4. The second-order valence-electron chi connectivity index (χ2n) is 7.79. The van der Waals surface area contributed by atoms with Gasteiger partial charge in [0.1, 0.15) is 0 Å². The lowest BCUT2D eigenvalue weighted by molar-refractivity contribution is 0.0746. The number of rotatable bonds is 7. The standard InChI is InChI=1S/C24H26N4OS/c1-17(2)28-23-20(15-26-28)13-21(14-25-23)24(29)27(16-22-10-9-18(3)30-22)12-11-19-7-5-4-6-8-19/h4-10,13-15,17H,11-12,16H2,1-3H3. The molecule has 4 rings (SSSR count). The van der Waals surface area contributed by atoms with E-state index in [1.54, 1.807) is 23.7 Å². The Labute approximate surface area is 181 Å². The predicted octanol–water partition coefficient (Wildman–Crippen LogP) is 5.27. The summed E-state index contributed by atoms with van der Waals surface area (Å²) in [5.41, 5.74) is 2.64. The minimum Gasteiger partial charge on any atom is -0.333 e. The van der Waals surface area contributed by atoms with Crippen molar-refractivity contribution >= 4 is 28.3 Å². The number of thiophene rings is 1. The van der Waals surface area contributed by atoms with Gasteiger partial charge in [-0.15, -0.1) is 11.3 Å². The SMILES string of the molecule is Cc1ccc(CN(CCc2ccccc2)C(=O)c2cnc3c(cnn3C(C)C)c2)s1. The first kappa shape index (κ1) is 20.3. The first-order valence-electron chi connectivity index (χ1n) is 10.2. The molecule has 0 atom stereocenters. The molecule has 0 aliphatic rings. The van der Waals surface area contributed by atoms with E-state index in [1.165, 1.54) is 15.3 Å². The van der Waals surface area contributed by atoms with E-state index < -0.39 is 0 Å². The highest BCUT2D eigenvalue weighted by Crippen LogP contribution is 2.21. The Morgan fingerprint density at radius 1 is 1.13 bits per heavy atom. The Balaban J connectivity index is 1.59. The van der Waals surface area contributed by atoms with E-state index in [4.69, 9.17) is 0 Å². The Morgan fingerprint density at radius 2 is 1.93 bits per heavy atom.